The average molecular weight is 388 g/mol. The number of fused-ring (bicyclic) bond motifs is 2. The number of nitrogens with zero attached hydrogens (tertiary/aromatic N) is 3. The number of pyridine rings is 1. The van der Waals surface area contributed by atoms with Crippen LogP contribution in [0.3, 0.4) is 0 Å². The molecule has 28 heavy (non-hydrogen) atoms. The molecular formula is C23H21N3OS. The summed E-state index contributed by atoms with van der Waals surface area (Å²) in [5, 5.41) is 11.2. The van der Waals surface area contributed by atoms with Crippen molar-refractivity contribution < 1.29 is 4.79 Å². The first kappa shape index (κ1) is 18.5. The summed E-state index contributed by atoms with van der Waals surface area (Å²) in [6, 6.07) is 16.3. The Morgan fingerprint density at radius 2 is 2.07 bits per heavy atom. The lowest BCUT2D eigenvalue weighted by atomic mass is 10.0. The lowest BCUT2D eigenvalue weighted by molar-refractivity contribution is -0.116. The number of nitriles is 1. The lowest BCUT2D eigenvalue weighted by Crippen LogP contribution is -2.36. The number of para-hydroxylation sites is 1. The first-order valence-corrected chi connectivity index (χ1v) is 10.4. The Morgan fingerprint density at radius 3 is 2.89 bits per heavy atom. The van der Waals surface area contributed by atoms with E-state index in [0.29, 0.717) is 10.6 Å². The van der Waals surface area contributed by atoms with Crippen molar-refractivity contribution in [3.8, 4) is 6.07 Å². The van der Waals surface area contributed by atoms with Crippen LogP contribution in [0, 0.1) is 25.2 Å². The molecule has 0 saturated carbocycles. The Morgan fingerprint density at radius 1 is 1.25 bits per heavy atom. The van der Waals surface area contributed by atoms with Crippen LogP contribution in [0.25, 0.3) is 10.9 Å². The van der Waals surface area contributed by atoms with Crippen LogP contribution in [-0.2, 0) is 11.2 Å². The molecule has 1 amide bonds. The molecule has 4 rings (SSSR count). The molecule has 0 unspecified atom stereocenters. The Kier molecular flexibility index (Phi) is 5.06. The van der Waals surface area contributed by atoms with Crippen molar-refractivity contribution in [3.05, 3.63) is 64.7 Å². The minimum atomic E-state index is 0.0587. The molecule has 2 aromatic carbocycles. The largest absolute Gasteiger partial charge is 0.311 e. The lowest BCUT2D eigenvalue weighted by Gasteiger charge is -2.29. The molecule has 140 valence electrons. The van der Waals surface area contributed by atoms with Gasteiger partial charge in [0, 0.05) is 17.6 Å². The van der Waals surface area contributed by atoms with Crippen molar-refractivity contribution in [1.29, 1.82) is 5.26 Å². The van der Waals surface area contributed by atoms with E-state index >= 15 is 0 Å². The molecule has 5 heteroatoms. The monoisotopic (exact) mass is 387 g/mol. The van der Waals surface area contributed by atoms with Gasteiger partial charge >= 0.3 is 0 Å². The summed E-state index contributed by atoms with van der Waals surface area (Å²) < 4.78 is 0. The molecular weight excluding hydrogens is 366 g/mol. The number of carbonyl (C=O) groups is 1. The third-order valence-electron chi connectivity index (χ3n) is 5.11. The number of rotatable bonds is 3. The van der Waals surface area contributed by atoms with Gasteiger partial charge in [0.1, 0.15) is 11.1 Å². The van der Waals surface area contributed by atoms with Crippen LogP contribution in [0.1, 0.15) is 28.7 Å². The topological polar surface area (TPSA) is 57.0 Å². The highest BCUT2D eigenvalue weighted by Crippen LogP contribution is 2.30. The average Bonchev–Trinajstić information content (AvgIpc) is 2.70. The Balaban J connectivity index is 1.59. The van der Waals surface area contributed by atoms with Crippen molar-refractivity contribution in [3.63, 3.8) is 0 Å². The van der Waals surface area contributed by atoms with Gasteiger partial charge in [-0.15, -0.1) is 0 Å². The number of benzene rings is 2. The van der Waals surface area contributed by atoms with Gasteiger partial charge in [-0.2, -0.15) is 5.26 Å². The van der Waals surface area contributed by atoms with Crippen LogP contribution >= 0.6 is 11.8 Å². The number of hydrogen-bond donors (Lipinski definition) is 0. The maximum Gasteiger partial charge on any atom is 0.237 e. The van der Waals surface area contributed by atoms with Gasteiger partial charge in [0.15, 0.2) is 0 Å². The SMILES string of the molecule is Cc1cc(C)c2cc(C#N)c(SCC(=O)N3CCCc4ccccc43)nc2c1. The number of aromatic nitrogens is 1. The van der Waals surface area contributed by atoms with Crippen LogP contribution in [-0.4, -0.2) is 23.2 Å². The predicted molar refractivity (Wildman–Crippen MR) is 114 cm³/mol. The van der Waals surface area contributed by atoms with E-state index in [4.69, 9.17) is 4.98 Å². The predicted octanol–water partition coefficient (Wildman–Crippen LogP) is 4.79. The minimum Gasteiger partial charge on any atom is -0.311 e. The van der Waals surface area contributed by atoms with Gasteiger partial charge in [-0.3, -0.25) is 4.79 Å². The van der Waals surface area contributed by atoms with E-state index < -0.39 is 0 Å². The Bertz CT molecular complexity index is 1120. The van der Waals surface area contributed by atoms with Gasteiger partial charge in [-0.25, -0.2) is 4.98 Å². The first-order valence-electron chi connectivity index (χ1n) is 9.40. The third-order valence-corrected chi connectivity index (χ3v) is 6.09. The fourth-order valence-corrected chi connectivity index (χ4v) is 4.64. The van der Waals surface area contributed by atoms with E-state index in [2.05, 4.69) is 18.2 Å². The zero-order valence-electron chi connectivity index (χ0n) is 16.0. The molecule has 1 aromatic heterocycles. The second-order valence-electron chi connectivity index (χ2n) is 7.17. The minimum absolute atomic E-state index is 0.0587. The highest BCUT2D eigenvalue weighted by atomic mass is 32.2. The van der Waals surface area contributed by atoms with Crippen LogP contribution < -0.4 is 4.90 Å². The molecule has 2 heterocycles. The molecule has 1 aliphatic rings. The summed E-state index contributed by atoms with van der Waals surface area (Å²) in [4.78, 5) is 19.5. The smallest absolute Gasteiger partial charge is 0.237 e. The van der Waals surface area contributed by atoms with Crippen molar-refractivity contribution in [2.24, 2.45) is 0 Å². The van der Waals surface area contributed by atoms with Crippen molar-refractivity contribution in [2.75, 3.05) is 17.2 Å². The molecule has 0 N–H and O–H groups in total. The fraction of sp³-hybridized carbons (Fsp3) is 0.261. The highest BCUT2D eigenvalue weighted by molar-refractivity contribution is 8.00. The van der Waals surface area contributed by atoms with Crippen LogP contribution in [0.15, 0.2) is 47.5 Å². The molecule has 0 bridgehead atoms. The zero-order valence-corrected chi connectivity index (χ0v) is 16.8. The third kappa shape index (κ3) is 3.48. The molecule has 0 fully saturated rings. The highest BCUT2D eigenvalue weighted by Gasteiger charge is 2.22. The molecule has 0 aliphatic carbocycles. The zero-order chi connectivity index (χ0) is 19.7. The standard InChI is InChI=1S/C23H21N3OS/c1-15-10-16(2)19-12-18(13-24)23(25-20(19)11-15)28-14-22(27)26-9-5-7-17-6-3-4-8-21(17)26/h3-4,6,8,10-12H,5,7,9,14H2,1-2H3. The summed E-state index contributed by atoms with van der Waals surface area (Å²) >= 11 is 1.35. The van der Waals surface area contributed by atoms with E-state index in [1.54, 1.807) is 0 Å². The molecule has 0 saturated heterocycles. The number of carbonyl (C=O) groups excluding carboxylic acids is 1. The van der Waals surface area contributed by atoms with Crippen LogP contribution in [0.5, 0.6) is 0 Å². The molecule has 3 aromatic rings. The first-order chi connectivity index (χ1) is 13.6. The molecule has 0 radical (unpaired) electrons. The number of amides is 1. The summed E-state index contributed by atoms with van der Waals surface area (Å²) in [5.41, 5.74) is 5.87. The second kappa shape index (κ2) is 7.65. The van der Waals surface area contributed by atoms with Crippen LogP contribution in [0.4, 0.5) is 5.69 Å². The Hall–Kier alpha value is -2.84. The summed E-state index contributed by atoms with van der Waals surface area (Å²) in [6.45, 7) is 4.81. The number of aryl methyl sites for hydroxylation is 3. The van der Waals surface area contributed by atoms with Crippen molar-refractivity contribution in [2.45, 2.75) is 31.7 Å². The van der Waals surface area contributed by atoms with E-state index in [-0.39, 0.29) is 11.7 Å². The summed E-state index contributed by atoms with van der Waals surface area (Å²) in [6.07, 6.45) is 1.99. The maximum absolute atomic E-state index is 12.9. The Labute approximate surface area is 169 Å². The van der Waals surface area contributed by atoms with Gasteiger partial charge < -0.3 is 4.90 Å². The quantitative estimate of drug-likeness (QED) is 0.606. The van der Waals surface area contributed by atoms with Crippen molar-refractivity contribution >= 4 is 34.3 Å². The van der Waals surface area contributed by atoms with Crippen LogP contribution in [0.2, 0.25) is 0 Å². The number of anilines is 1. The molecule has 4 nitrogen and oxygen atoms in total. The van der Waals surface area contributed by atoms with E-state index in [9.17, 15) is 10.1 Å². The van der Waals surface area contributed by atoms with E-state index in [1.165, 1.54) is 17.3 Å². The van der Waals surface area contributed by atoms with E-state index in [0.717, 1.165) is 47.1 Å². The van der Waals surface area contributed by atoms with Gasteiger partial charge in [0.25, 0.3) is 0 Å². The summed E-state index contributed by atoms with van der Waals surface area (Å²) in [5.74, 6) is 0.329. The molecule has 0 spiro atoms. The fourth-order valence-electron chi connectivity index (χ4n) is 3.80. The number of hydrogen-bond acceptors (Lipinski definition) is 4. The molecule has 1 aliphatic heterocycles. The van der Waals surface area contributed by atoms with Gasteiger partial charge in [-0.1, -0.05) is 36.0 Å². The number of thioether (sulfide) groups is 1. The maximum atomic E-state index is 12.9. The molecule has 0 atom stereocenters. The van der Waals surface area contributed by atoms with Crippen molar-refractivity contribution in [1.82, 2.24) is 4.98 Å². The van der Waals surface area contributed by atoms with Gasteiger partial charge in [0.05, 0.1) is 16.8 Å². The van der Waals surface area contributed by atoms with Gasteiger partial charge in [0.2, 0.25) is 5.91 Å². The summed E-state index contributed by atoms with van der Waals surface area (Å²) in [7, 11) is 0. The van der Waals surface area contributed by atoms with E-state index in [1.807, 2.05) is 49.1 Å². The normalized spacial score (nSPS) is 13.2. The second-order valence-corrected chi connectivity index (χ2v) is 8.13. The van der Waals surface area contributed by atoms with Gasteiger partial charge in [-0.05, 0) is 61.6 Å².